The molecule has 0 fully saturated rings. The normalized spacial score (nSPS) is 11.0. The summed E-state index contributed by atoms with van der Waals surface area (Å²) in [5.41, 5.74) is 0.666. The molecule has 120 valence electrons. The van der Waals surface area contributed by atoms with Crippen molar-refractivity contribution in [2.45, 2.75) is 0 Å². The van der Waals surface area contributed by atoms with Crippen LogP contribution in [0.5, 0.6) is 0 Å². The number of hydrogen-bond donors (Lipinski definition) is 0. The van der Waals surface area contributed by atoms with Crippen LogP contribution in [-0.2, 0) is 0 Å². The van der Waals surface area contributed by atoms with Gasteiger partial charge in [-0.3, -0.25) is 14.9 Å². The number of nitrogens with zero attached hydrogens (tertiary/aromatic N) is 1. The molecule has 6 nitrogen and oxygen atoms in total. The molecule has 2 aromatic heterocycles. The predicted octanol–water partition coefficient (Wildman–Crippen LogP) is 5.11. The van der Waals surface area contributed by atoms with E-state index >= 15 is 0 Å². The third kappa shape index (κ3) is 3.36. The molecule has 0 N–H and O–H groups in total. The molecule has 24 heavy (non-hydrogen) atoms. The Morgan fingerprint density at radius 1 is 1.21 bits per heavy atom. The number of non-ortho nitro benzene ring substituents is 1. The number of nitro benzene ring substituents is 1. The minimum Gasteiger partial charge on any atom is -0.461 e. The van der Waals surface area contributed by atoms with E-state index in [1.54, 1.807) is 30.3 Å². The van der Waals surface area contributed by atoms with Gasteiger partial charge < -0.3 is 8.83 Å². The van der Waals surface area contributed by atoms with Crippen LogP contribution in [0.1, 0.15) is 16.3 Å². The van der Waals surface area contributed by atoms with E-state index in [1.807, 2.05) is 0 Å². The zero-order valence-corrected chi connectivity index (χ0v) is 13.7. The molecule has 3 aromatic rings. The van der Waals surface area contributed by atoms with Crippen LogP contribution in [0.25, 0.3) is 17.4 Å². The Kier molecular flexibility index (Phi) is 4.43. The summed E-state index contributed by atoms with van der Waals surface area (Å²) < 4.78 is 11.2. The minimum atomic E-state index is -0.467. The second-order valence-corrected chi connectivity index (χ2v) is 5.65. The maximum Gasteiger partial charge on any atom is 0.270 e. The number of nitro groups is 1. The summed E-state index contributed by atoms with van der Waals surface area (Å²) >= 11 is 3.30. The molecule has 0 aliphatic carbocycles. The van der Waals surface area contributed by atoms with Gasteiger partial charge in [0.15, 0.2) is 5.76 Å². The van der Waals surface area contributed by atoms with Crippen LogP contribution in [0.4, 0.5) is 5.69 Å². The lowest BCUT2D eigenvalue weighted by atomic mass is 10.1. The lowest BCUT2D eigenvalue weighted by Gasteiger charge is -2.00. The number of carbonyl (C=O) groups is 1. The molecule has 7 heteroatoms. The SMILES string of the molecule is O=C(/C=C/c1ccc(-c2ccc([N+](=O)[O-])cc2Br)o1)c1ccco1. The lowest BCUT2D eigenvalue weighted by molar-refractivity contribution is -0.384. The number of benzene rings is 1. The highest BCUT2D eigenvalue weighted by molar-refractivity contribution is 9.10. The van der Waals surface area contributed by atoms with Crippen molar-refractivity contribution < 1.29 is 18.6 Å². The van der Waals surface area contributed by atoms with Crippen LogP contribution >= 0.6 is 15.9 Å². The van der Waals surface area contributed by atoms with Crippen molar-refractivity contribution in [2.75, 3.05) is 0 Å². The summed E-state index contributed by atoms with van der Waals surface area (Å²) in [6.45, 7) is 0. The van der Waals surface area contributed by atoms with Gasteiger partial charge in [0.25, 0.3) is 5.69 Å². The number of furan rings is 2. The number of allylic oxidation sites excluding steroid dienone is 1. The summed E-state index contributed by atoms with van der Waals surface area (Å²) in [6, 6.07) is 11.1. The van der Waals surface area contributed by atoms with E-state index < -0.39 is 4.92 Å². The van der Waals surface area contributed by atoms with E-state index in [4.69, 9.17) is 8.83 Å². The molecular formula is C17H10BrNO5. The van der Waals surface area contributed by atoms with Crippen molar-refractivity contribution in [1.29, 1.82) is 0 Å². The van der Waals surface area contributed by atoms with Crippen molar-refractivity contribution in [1.82, 2.24) is 0 Å². The van der Waals surface area contributed by atoms with Gasteiger partial charge in [-0.25, -0.2) is 0 Å². The second kappa shape index (κ2) is 6.67. The molecule has 0 spiro atoms. The molecular weight excluding hydrogens is 378 g/mol. The maximum absolute atomic E-state index is 11.8. The summed E-state index contributed by atoms with van der Waals surface area (Å²) in [5.74, 6) is 0.989. The maximum atomic E-state index is 11.8. The molecule has 0 saturated carbocycles. The lowest BCUT2D eigenvalue weighted by Crippen LogP contribution is -1.89. The highest BCUT2D eigenvalue weighted by Gasteiger charge is 2.13. The van der Waals surface area contributed by atoms with Crippen LogP contribution in [0, 0.1) is 10.1 Å². The number of carbonyl (C=O) groups excluding carboxylic acids is 1. The smallest absolute Gasteiger partial charge is 0.270 e. The molecule has 0 radical (unpaired) electrons. The Morgan fingerprint density at radius 2 is 2.04 bits per heavy atom. The zero-order valence-electron chi connectivity index (χ0n) is 12.1. The van der Waals surface area contributed by atoms with Crippen LogP contribution in [0.3, 0.4) is 0 Å². The third-order valence-electron chi connectivity index (χ3n) is 3.22. The average molecular weight is 388 g/mol. The first-order valence-electron chi connectivity index (χ1n) is 6.84. The van der Waals surface area contributed by atoms with Crippen LogP contribution in [0.2, 0.25) is 0 Å². The van der Waals surface area contributed by atoms with Crippen molar-refractivity contribution in [3.05, 3.63) is 80.9 Å². The van der Waals surface area contributed by atoms with Gasteiger partial charge in [-0.05, 0) is 58.4 Å². The van der Waals surface area contributed by atoms with E-state index in [0.29, 0.717) is 21.6 Å². The number of ketones is 1. The first-order chi connectivity index (χ1) is 11.5. The van der Waals surface area contributed by atoms with Gasteiger partial charge >= 0.3 is 0 Å². The Bertz CT molecular complexity index is 924. The van der Waals surface area contributed by atoms with E-state index in [-0.39, 0.29) is 17.2 Å². The first kappa shape index (κ1) is 15.9. The van der Waals surface area contributed by atoms with E-state index in [0.717, 1.165) is 0 Å². The van der Waals surface area contributed by atoms with Crippen molar-refractivity contribution >= 4 is 33.5 Å². The van der Waals surface area contributed by atoms with Gasteiger partial charge in [0.2, 0.25) is 5.78 Å². The topological polar surface area (TPSA) is 86.5 Å². The second-order valence-electron chi connectivity index (χ2n) is 4.80. The quantitative estimate of drug-likeness (QED) is 0.263. The molecule has 0 bridgehead atoms. The fourth-order valence-electron chi connectivity index (χ4n) is 2.06. The largest absolute Gasteiger partial charge is 0.461 e. The van der Waals surface area contributed by atoms with Crippen LogP contribution in [0.15, 0.2) is 68.1 Å². The Labute approximate surface area is 144 Å². The zero-order chi connectivity index (χ0) is 17.1. The van der Waals surface area contributed by atoms with E-state index in [9.17, 15) is 14.9 Å². The highest BCUT2D eigenvalue weighted by atomic mass is 79.9. The van der Waals surface area contributed by atoms with Crippen molar-refractivity contribution in [3.63, 3.8) is 0 Å². The highest BCUT2D eigenvalue weighted by Crippen LogP contribution is 2.32. The van der Waals surface area contributed by atoms with Crippen LogP contribution < -0.4 is 0 Å². The van der Waals surface area contributed by atoms with Gasteiger partial charge in [0.1, 0.15) is 11.5 Å². The third-order valence-corrected chi connectivity index (χ3v) is 3.87. The minimum absolute atomic E-state index is 0.0126. The molecule has 0 aliphatic heterocycles. The summed E-state index contributed by atoms with van der Waals surface area (Å²) in [5, 5.41) is 10.8. The van der Waals surface area contributed by atoms with E-state index in [1.165, 1.54) is 30.5 Å². The molecule has 3 rings (SSSR count). The summed E-state index contributed by atoms with van der Waals surface area (Å²) in [6.07, 6.45) is 4.32. The number of rotatable bonds is 5. The fraction of sp³-hybridized carbons (Fsp3) is 0. The first-order valence-corrected chi connectivity index (χ1v) is 7.64. The molecule has 0 atom stereocenters. The molecule has 1 aromatic carbocycles. The van der Waals surface area contributed by atoms with Crippen LogP contribution in [-0.4, -0.2) is 10.7 Å². The Morgan fingerprint density at radius 3 is 2.71 bits per heavy atom. The van der Waals surface area contributed by atoms with Gasteiger partial charge in [0.05, 0.1) is 11.2 Å². The summed E-state index contributed by atoms with van der Waals surface area (Å²) in [7, 11) is 0. The van der Waals surface area contributed by atoms with Gasteiger partial charge in [-0.1, -0.05) is 0 Å². The van der Waals surface area contributed by atoms with Crippen molar-refractivity contribution in [2.24, 2.45) is 0 Å². The molecule has 0 unspecified atom stereocenters. The Hall–Kier alpha value is -2.93. The van der Waals surface area contributed by atoms with Gasteiger partial charge in [0, 0.05) is 22.2 Å². The van der Waals surface area contributed by atoms with Gasteiger partial charge in [-0.15, -0.1) is 0 Å². The molecule has 0 amide bonds. The fourth-order valence-corrected chi connectivity index (χ4v) is 2.63. The monoisotopic (exact) mass is 387 g/mol. The average Bonchev–Trinajstić information content (AvgIpc) is 3.24. The predicted molar refractivity (Wildman–Crippen MR) is 90.6 cm³/mol. The van der Waals surface area contributed by atoms with E-state index in [2.05, 4.69) is 15.9 Å². The Balaban J connectivity index is 1.81. The number of hydrogen-bond acceptors (Lipinski definition) is 5. The number of halogens is 1. The van der Waals surface area contributed by atoms with Gasteiger partial charge in [-0.2, -0.15) is 0 Å². The van der Waals surface area contributed by atoms with Crippen molar-refractivity contribution in [3.8, 4) is 11.3 Å². The standard InChI is InChI=1S/C17H10BrNO5/c18-14-10-11(19(21)22)3-6-13(14)16-8-5-12(24-16)4-7-15(20)17-2-1-9-23-17/h1-10H/b7-4+. The summed E-state index contributed by atoms with van der Waals surface area (Å²) in [4.78, 5) is 22.1. The molecule has 0 aliphatic rings. The molecule has 2 heterocycles. The molecule has 0 saturated heterocycles.